The van der Waals surface area contributed by atoms with Crippen LogP contribution in [0.1, 0.15) is 54.9 Å². The highest BCUT2D eigenvalue weighted by Crippen LogP contribution is 2.35. The Morgan fingerprint density at radius 3 is 2.48 bits per heavy atom. The highest BCUT2D eigenvalue weighted by atomic mass is 32.2. The molecule has 152 valence electrons. The van der Waals surface area contributed by atoms with Gasteiger partial charge in [0.05, 0.1) is 0 Å². The third kappa shape index (κ3) is 5.30. The third-order valence-corrected chi connectivity index (χ3v) is 5.93. The van der Waals surface area contributed by atoms with E-state index in [1.165, 1.54) is 11.1 Å². The Kier molecular flexibility index (Phi) is 6.48. The summed E-state index contributed by atoms with van der Waals surface area (Å²) < 4.78 is 5.91. The Hall–Kier alpha value is -2.53. The Labute approximate surface area is 177 Å². The van der Waals surface area contributed by atoms with Crippen molar-refractivity contribution in [2.24, 2.45) is 0 Å². The molecule has 5 heteroatoms. The van der Waals surface area contributed by atoms with Crippen LogP contribution < -0.4 is 0 Å². The van der Waals surface area contributed by atoms with Gasteiger partial charge in [-0.2, -0.15) is 0 Å². The first kappa shape index (κ1) is 21.2. The Morgan fingerprint density at radius 1 is 1.10 bits per heavy atom. The molecular formula is C24H28N2O2S. The average Bonchev–Trinajstić information content (AvgIpc) is 3.16. The van der Waals surface area contributed by atoms with E-state index in [2.05, 4.69) is 50.9 Å². The molecule has 0 aliphatic carbocycles. The second kappa shape index (κ2) is 8.87. The number of carbonyl (C=O) groups excluding carboxylic acids is 1. The Bertz CT molecular complexity index is 974. The average molecular weight is 409 g/mol. The summed E-state index contributed by atoms with van der Waals surface area (Å²) in [5.41, 5.74) is 3.61. The van der Waals surface area contributed by atoms with Gasteiger partial charge in [-0.25, -0.2) is 0 Å². The van der Waals surface area contributed by atoms with Crippen molar-refractivity contribution in [1.29, 1.82) is 0 Å². The maximum absolute atomic E-state index is 12.9. The Morgan fingerprint density at radius 2 is 1.83 bits per heavy atom. The van der Waals surface area contributed by atoms with Gasteiger partial charge in [0.25, 0.3) is 5.91 Å². The zero-order chi connectivity index (χ0) is 21.0. The second-order valence-electron chi connectivity index (χ2n) is 8.13. The number of hydrogen-bond donors (Lipinski definition) is 0. The first-order valence-corrected chi connectivity index (χ1v) is 10.7. The fourth-order valence-electron chi connectivity index (χ4n) is 2.97. The number of pyridine rings is 1. The van der Waals surface area contributed by atoms with Crippen LogP contribution in [0.4, 0.5) is 0 Å². The molecule has 2 heterocycles. The van der Waals surface area contributed by atoms with Crippen molar-refractivity contribution in [1.82, 2.24) is 9.88 Å². The molecule has 0 atom stereocenters. The van der Waals surface area contributed by atoms with Gasteiger partial charge in [-0.05, 0) is 66.3 Å². The molecule has 0 fully saturated rings. The summed E-state index contributed by atoms with van der Waals surface area (Å²) in [6.07, 6.45) is 3.48. The normalized spacial score (nSPS) is 11.5. The van der Waals surface area contributed by atoms with Gasteiger partial charge in [-0.1, -0.05) is 44.7 Å². The molecule has 1 amide bonds. The minimum Gasteiger partial charge on any atom is -0.444 e. The fourth-order valence-corrected chi connectivity index (χ4v) is 3.87. The van der Waals surface area contributed by atoms with Gasteiger partial charge in [0.15, 0.2) is 10.9 Å². The van der Waals surface area contributed by atoms with Crippen LogP contribution in [-0.4, -0.2) is 22.3 Å². The lowest BCUT2D eigenvalue weighted by atomic mass is 9.87. The summed E-state index contributed by atoms with van der Waals surface area (Å²) in [6, 6.07) is 14.0. The molecule has 2 aromatic heterocycles. The molecule has 0 N–H and O–H groups in total. The largest absolute Gasteiger partial charge is 0.444 e. The lowest BCUT2D eigenvalue weighted by Crippen LogP contribution is -2.29. The highest BCUT2D eigenvalue weighted by Gasteiger charge is 2.20. The van der Waals surface area contributed by atoms with Gasteiger partial charge in [0.1, 0.15) is 0 Å². The standard InChI is InChI=1S/C24H28N2O2S/c1-6-26(16-18-11-13-25-14-12-18)23(27)20-9-10-22(28-20)29-21-15-19(24(3,4)5)8-7-17(21)2/h7-15H,6,16H2,1-5H3. The summed E-state index contributed by atoms with van der Waals surface area (Å²) >= 11 is 1.56. The summed E-state index contributed by atoms with van der Waals surface area (Å²) in [5.74, 6) is 0.268. The Balaban J connectivity index is 1.76. The SMILES string of the molecule is CCN(Cc1ccncc1)C(=O)c1ccc(Sc2cc(C(C)(C)C)ccc2C)o1. The van der Waals surface area contributed by atoms with E-state index in [0.717, 1.165) is 15.6 Å². The predicted molar refractivity (Wildman–Crippen MR) is 117 cm³/mol. The van der Waals surface area contributed by atoms with E-state index < -0.39 is 0 Å². The molecule has 0 bridgehead atoms. The van der Waals surface area contributed by atoms with Crippen molar-refractivity contribution < 1.29 is 9.21 Å². The van der Waals surface area contributed by atoms with E-state index in [4.69, 9.17) is 4.42 Å². The molecule has 0 saturated carbocycles. The number of aryl methyl sites for hydroxylation is 1. The number of benzene rings is 1. The number of furan rings is 1. The summed E-state index contributed by atoms with van der Waals surface area (Å²) in [6.45, 7) is 11.8. The van der Waals surface area contributed by atoms with Crippen molar-refractivity contribution in [3.63, 3.8) is 0 Å². The molecule has 4 nitrogen and oxygen atoms in total. The van der Waals surface area contributed by atoms with Crippen LogP contribution in [0.25, 0.3) is 0 Å². The molecule has 1 aromatic carbocycles. The number of rotatable bonds is 6. The maximum Gasteiger partial charge on any atom is 0.289 e. The maximum atomic E-state index is 12.9. The topological polar surface area (TPSA) is 46.3 Å². The molecule has 3 rings (SSSR count). The van der Waals surface area contributed by atoms with Gasteiger partial charge in [-0.3, -0.25) is 9.78 Å². The van der Waals surface area contributed by atoms with Crippen LogP contribution in [0.5, 0.6) is 0 Å². The van der Waals surface area contributed by atoms with Gasteiger partial charge in [-0.15, -0.1) is 0 Å². The summed E-state index contributed by atoms with van der Waals surface area (Å²) in [4.78, 5) is 19.9. The molecular weight excluding hydrogens is 380 g/mol. The second-order valence-corrected chi connectivity index (χ2v) is 9.17. The van der Waals surface area contributed by atoms with Crippen LogP contribution in [0, 0.1) is 6.92 Å². The van der Waals surface area contributed by atoms with Crippen LogP contribution in [0.15, 0.2) is 69.3 Å². The number of carbonyl (C=O) groups is 1. The van der Waals surface area contributed by atoms with Crippen LogP contribution in [0.2, 0.25) is 0 Å². The first-order chi connectivity index (χ1) is 13.8. The molecule has 3 aromatic rings. The third-order valence-electron chi connectivity index (χ3n) is 4.85. The van der Waals surface area contributed by atoms with Crippen LogP contribution in [0.3, 0.4) is 0 Å². The lowest BCUT2D eigenvalue weighted by Gasteiger charge is -2.20. The minimum absolute atomic E-state index is 0.0852. The minimum atomic E-state index is -0.101. The number of nitrogens with zero attached hydrogens (tertiary/aromatic N) is 2. The van der Waals surface area contributed by atoms with Crippen molar-refractivity contribution >= 4 is 17.7 Å². The van der Waals surface area contributed by atoms with E-state index in [0.29, 0.717) is 18.8 Å². The van der Waals surface area contributed by atoms with Gasteiger partial charge in [0, 0.05) is 30.4 Å². The van der Waals surface area contributed by atoms with E-state index in [-0.39, 0.29) is 11.3 Å². The molecule has 0 aliphatic heterocycles. The summed E-state index contributed by atoms with van der Waals surface area (Å²) in [5, 5.41) is 0.725. The first-order valence-electron chi connectivity index (χ1n) is 9.85. The smallest absolute Gasteiger partial charge is 0.289 e. The molecule has 0 radical (unpaired) electrons. The molecule has 0 saturated heterocycles. The molecule has 0 unspecified atom stereocenters. The van der Waals surface area contributed by atoms with Crippen molar-refractivity contribution in [2.75, 3.05) is 6.54 Å². The number of hydrogen-bond acceptors (Lipinski definition) is 4. The van der Waals surface area contributed by atoms with E-state index in [1.807, 2.05) is 25.1 Å². The van der Waals surface area contributed by atoms with Crippen LogP contribution in [-0.2, 0) is 12.0 Å². The van der Waals surface area contributed by atoms with Crippen molar-refractivity contribution in [3.05, 3.63) is 77.3 Å². The highest BCUT2D eigenvalue weighted by molar-refractivity contribution is 7.99. The monoisotopic (exact) mass is 408 g/mol. The molecule has 0 aliphatic rings. The van der Waals surface area contributed by atoms with Crippen LogP contribution >= 0.6 is 11.8 Å². The van der Waals surface area contributed by atoms with Crippen molar-refractivity contribution in [2.45, 2.75) is 56.6 Å². The lowest BCUT2D eigenvalue weighted by molar-refractivity contribution is 0.0715. The van der Waals surface area contributed by atoms with Gasteiger partial charge in [0.2, 0.25) is 0 Å². The summed E-state index contributed by atoms with van der Waals surface area (Å²) in [7, 11) is 0. The quantitative estimate of drug-likeness (QED) is 0.495. The zero-order valence-electron chi connectivity index (χ0n) is 17.7. The zero-order valence-corrected chi connectivity index (χ0v) is 18.5. The van der Waals surface area contributed by atoms with E-state index in [1.54, 1.807) is 35.1 Å². The number of aromatic nitrogens is 1. The number of amides is 1. The van der Waals surface area contributed by atoms with E-state index >= 15 is 0 Å². The van der Waals surface area contributed by atoms with E-state index in [9.17, 15) is 4.79 Å². The van der Waals surface area contributed by atoms with Crippen molar-refractivity contribution in [3.8, 4) is 0 Å². The molecule has 29 heavy (non-hydrogen) atoms. The van der Waals surface area contributed by atoms with Gasteiger partial charge < -0.3 is 9.32 Å². The fraction of sp³-hybridized carbons (Fsp3) is 0.333. The van der Waals surface area contributed by atoms with Gasteiger partial charge >= 0.3 is 0 Å². The predicted octanol–water partition coefficient (Wildman–Crippen LogP) is 6.09. The molecule has 0 spiro atoms.